The van der Waals surface area contributed by atoms with Gasteiger partial charge in [0.2, 0.25) is 0 Å². The van der Waals surface area contributed by atoms with Crippen molar-refractivity contribution in [1.82, 2.24) is 4.90 Å². The second kappa shape index (κ2) is 8.54. The molecule has 2 saturated heterocycles. The molecular weight excluding hydrogens is 461 g/mol. The lowest BCUT2D eigenvalue weighted by atomic mass is 9.76. The number of benzene rings is 2. The van der Waals surface area contributed by atoms with Crippen molar-refractivity contribution in [2.45, 2.75) is 57.2 Å². The van der Waals surface area contributed by atoms with Crippen molar-refractivity contribution in [3.05, 3.63) is 68.8 Å². The molecule has 28 heavy (non-hydrogen) atoms. The van der Waals surface area contributed by atoms with E-state index in [0.29, 0.717) is 12.6 Å². The van der Waals surface area contributed by atoms with E-state index in [-0.39, 0.29) is 23.8 Å². The summed E-state index contributed by atoms with van der Waals surface area (Å²) in [6, 6.07) is 17.6. The van der Waals surface area contributed by atoms with Gasteiger partial charge in [-0.3, -0.25) is 9.69 Å². The van der Waals surface area contributed by atoms with Crippen LogP contribution in [0.1, 0.15) is 48.8 Å². The van der Waals surface area contributed by atoms with Gasteiger partial charge < -0.3 is 4.74 Å². The number of hydrogen-bond donors (Lipinski definition) is 0. The molecule has 3 nitrogen and oxygen atoms in total. The zero-order valence-electron chi connectivity index (χ0n) is 16.6. The first-order chi connectivity index (χ1) is 13.6. The van der Waals surface area contributed by atoms with E-state index >= 15 is 0 Å². The van der Waals surface area contributed by atoms with Crippen LogP contribution in [0.25, 0.3) is 0 Å². The van der Waals surface area contributed by atoms with Crippen LogP contribution in [0.15, 0.2) is 48.5 Å². The van der Waals surface area contributed by atoms with E-state index in [2.05, 4.69) is 59.7 Å². The summed E-state index contributed by atoms with van der Waals surface area (Å²) in [4.78, 5) is 15.7. The van der Waals surface area contributed by atoms with E-state index in [4.69, 9.17) is 4.74 Å². The second-order valence-corrected chi connectivity index (χ2v) is 9.29. The molecule has 2 aliphatic heterocycles. The number of halogens is 1. The zero-order chi connectivity index (χ0) is 19.7. The van der Waals surface area contributed by atoms with Gasteiger partial charge in [0.15, 0.2) is 0 Å². The van der Waals surface area contributed by atoms with Gasteiger partial charge in [0.25, 0.3) is 0 Å². The van der Waals surface area contributed by atoms with Gasteiger partial charge in [-0.1, -0.05) is 49.4 Å². The summed E-state index contributed by atoms with van der Waals surface area (Å²) >= 11 is 2.43. The Morgan fingerprint density at radius 2 is 1.96 bits per heavy atom. The number of hydrogen-bond acceptors (Lipinski definition) is 3. The van der Waals surface area contributed by atoms with Gasteiger partial charge in [0, 0.05) is 21.6 Å². The normalized spacial score (nSPS) is 27.0. The molecular formula is C24H28INO2. The topological polar surface area (TPSA) is 29.5 Å². The van der Waals surface area contributed by atoms with Gasteiger partial charge in [-0.25, -0.2) is 0 Å². The number of carbonyl (C=O) groups excluding carboxylic acids is 1. The van der Waals surface area contributed by atoms with Crippen molar-refractivity contribution in [1.29, 1.82) is 0 Å². The molecule has 2 aliphatic rings. The molecule has 0 saturated carbocycles. The molecule has 2 unspecified atom stereocenters. The highest BCUT2D eigenvalue weighted by molar-refractivity contribution is 14.1. The van der Waals surface area contributed by atoms with Crippen LogP contribution >= 0.6 is 22.6 Å². The van der Waals surface area contributed by atoms with Crippen LogP contribution in [0.5, 0.6) is 0 Å². The highest BCUT2D eigenvalue weighted by Gasteiger charge is 2.49. The zero-order valence-corrected chi connectivity index (χ0v) is 18.8. The number of fused-ring (bicyclic) bond motifs is 2. The van der Waals surface area contributed by atoms with Crippen molar-refractivity contribution in [3.63, 3.8) is 0 Å². The van der Waals surface area contributed by atoms with Crippen LogP contribution in [0.2, 0.25) is 0 Å². The number of rotatable bonds is 5. The van der Waals surface area contributed by atoms with Crippen LogP contribution < -0.4 is 0 Å². The van der Waals surface area contributed by atoms with Crippen LogP contribution in [-0.4, -0.2) is 30.0 Å². The Balaban J connectivity index is 1.59. The molecule has 0 radical (unpaired) electrons. The Morgan fingerprint density at radius 3 is 2.68 bits per heavy atom. The average molecular weight is 489 g/mol. The molecule has 2 aromatic rings. The Hall–Kier alpha value is -1.40. The average Bonchev–Trinajstić information content (AvgIpc) is 2.95. The van der Waals surface area contributed by atoms with E-state index < -0.39 is 0 Å². The molecule has 0 aromatic heterocycles. The molecule has 0 aliphatic carbocycles. The number of carbonyl (C=O) groups is 1. The number of ether oxygens (including phenoxy) is 1. The van der Waals surface area contributed by atoms with Gasteiger partial charge in [0.1, 0.15) is 6.61 Å². The van der Waals surface area contributed by atoms with Gasteiger partial charge in [-0.05, 0) is 78.1 Å². The summed E-state index contributed by atoms with van der Waals surface area (Å²) in [5, 5.41) is 0. The van der Waals surface area contributed by atoms with E-state index in [1.807, 2.05) is 30.3 Å². The molecule has 0 amide bonds. The smallest absolute Gasteiger partial charge is 0.311 e. The molecule has 4 rings (SSSR count). The first kappa shape index (κ1) is 19.9. The predicted molar refractivity (Wildman–Crippen MR) is 120 cm³/mol. The SMILES string of the molecule is CCc1ccc([C@H]2C[C@H]3CCC(C2C(=O)OCc2ccccc2)N3C)cc1I. The van der Waals surface area contributed by atoms with Crippen molar-refractivity contribution in [2.75, 3.05) is 7.05 Å². The summed E-state index contributed by atoms with van der Waals surface area (Å²) in [6.45, 7) is 2.55. The fourth-order valence-corrected chi connectivity index (χ4v) is 5.96. The third-order valence-corrected chi connectivity index (χ3v) is 7.66. The van der Waals surface area contributed by atoms with Crippen LogP contribution in [0, 0.1) is 9.49 Å². The highest BCUT2D eigenvalue weighted by Crippen LogP contribution is 2.47. The molecule has 2 heterocycles. The molecule has 0 N–H and O–H groups in total. The van der Waals surface area contributed by atoms with Gasteiger partial charge in [-0.2, -0.15) is 0 Å². The van der Waals surface area contributed by atoms with Gasteiger partial charge in [0.05, 0.1) is 5.92 Å². The first-order valence-corrected chi connectivity index (χ1v) is 11.4. The van der Waals surface area contributed by atoms with E-state index in [0.717, 1.165) is 24.8 Å². The molecule has 2 fully saturated rings. The first-order valence-electron chi connectivity index (χ1n) is 10.3. The fourth-order valence-electron chi connectivity index (χ4n) is 5.04. The highest BCUT2D eigenvalue weighted by atomic mass is 127. The Bertz CT molecular complexity index is 838. The Labute approximate surface area is 181 Å². The molecule has 4 atom stereocenters. The minimum absolute atomic E-state index is 0.0411. The minimum Gasteiger partial charge on any atom is -0.461 e. The van der Waals surface area contributed by atoms with Crippen LogP contribution in [0.4, 0.5) is 0 Å². The third-order valence-electron chi connectivity index (χ3n) is 6.65. The lowest BCUT2D eigenvalue weighted by molar-refractivity contribution is -0.154. The standard InChI is InChI=1S/C24H28INO2/c1-3-17-9-10-18(13-21(17)25)20-14-19-11-12-22(26(19)2)23(20)24(27)28-15-16-7-5-4-6-8-16/h4-10,13,19-20,22-23H,3,11-12,14-15H2,1-2H3/t19-,20-,22?,23?/m1/s1. The largest absolute Gasteiger partial charge is 0.461 e. The summed E-state index contributed by atoms with van der Waals surface area (Å²) in [5.41, 5.74) is 3.72. The molecule has 0 spiro atoms. The summed E-state index contributed by atoms with van der Waals surface area (Å²) in [6.07, 6.45) is 4.36. The lowest BCUT2D eigenvalue weighted by Gasteiger charge is -2.42. The van der Waals surface area contributed by atoms with Crippen LogP contribution in [-0.2, 0) is 22.6 Å². The van der Waals surface area contributed by atoms with Crippen LogP contribution in [0.3, 0.4) is 0 Å². The van der Waals surface area contributed by atoms with Crippen molar-refractivity contribution in [3.8, 4) is 0 Å². The Kier molecular flexibility index (Phi) is 6.07. The number of piperidine rings is 1. The van der Waals surface area contributed by atoms with Gasteiger partial charge >= 0.3 is 5.97 Å². The summed E-state index contributed by atoms with van der Waals surface area (Å²) < 4.78 is 7.13. The summed E-state index contributed by atoms with van der Waals surface area (Å²) in [5.74, 6) is 0.118. The number of aryl methyl sites for hydroxylation is 1. The van der Waals surface area contributed by atoms with Gasteiger partial charge in [-0.15, -0.1) is 0 Å². The predicted octanol–water partition coefficient (Wildman–Crippen LogP) is 5.16. The second-order valence-electron chi connectivity index (χ2n) is 8.13. The maximum absolute atomic E-state index is 13.2. The Morgan fingerprint density at radius 1 is 1.18 bits per heavy atom. The molecule has 2 aromatic carbocycles. The van der Waals surface area contributed by atoms with E-state index in [1.54, 1.807) is 0 Å². The molecule has 148 valence electrons. The van der Waals surface area contributed by atoms with E-state index in [1.165, 1.54) is 21.1 Å². The third kappa shape index (κ3) is 3.86. The molecule has 2 bridgehead atoms. The maximum atomic E-state index is 13.2. The molecule has 4 heteroatoms. The lowest BCUT2D eigenvalue weighted by Crippen LogP contribution is -2.49. The van der Waals surface area contributed by atoms with Crippen molar-refractivity contribution in [2.24, 2.45) is 5.92 Å². The number of esters is 1. The fraction of sp³-hybridized carbons (Fsp3) is 0.458. The van der Waals surface area contributed by atoms with E-state index in [9.17, 15) is 4.79 Å². The minimum atomic E-state index is -0.0873. The number of nitrogens with zero attached hydrogens (tertiary/aromatic N) is 1. The summed E-state index contributed by atoms with van der Waals surface area (Å²) in [7, 11) is 2.18. The quantitative estimate of drug-likeness (QED) is 0.429. The van der Waals surface area contributed by atoms with Crippen molar-refractivity contribution >= 4 is 28.6 Å². The van der Waals surface area contributed by atoms with Crippen molar-refractivity contribution < 1.29 is 9.53 Å². The maximum Gasteiger partial charge on any atom is 0.311 e. The monoisotopic (exact) mass is 489 g/mol.